The average Bonchev–Trinajstić information content (AvgIpc) is 1.68. The SMILES string of the molecule is CCSC(C)CC#N. The molecular formula is C6H11NS. The predicted molar refractivity (Wildman–Crippen MR) is 37.8 cm³/mol. The van der Waals surface area contributed by atoms with E-state index >= 15 is 0 Å². The first-order valence-electron chi connectivity index (χ1n) is 2.79. The van der Waals surface area contributed by atoms with Gasteiger partial charge in [0.05, 0.1) is 6.07 Å². The van der Waals surface area contributed by atoms with Gasteiger partial charge in [0.2, 0.25) is 0 Å². The second-order valence-corrected chi connectivity index (χ2v) is 3.34. The lowest BCUT2D eigenvalue weighted by Gasteiger charge is -2.00. The summed E-state index contributed by atoms with van der Waals surface area (Å²) in [6, 6.07) is 2.13. The summed E-state index contributed by atoms with van der Waals surface area (Å²) in [5, 5.41) is 8.72. The van der Waals surface area contributed by atoms with Gasteiger partial charge in [-0.15, -0.1) is 0 Å². The minimum absolute atomic E-state index is 0.519. The Kier molecular flexibility index (Phi) is 4.89. The molecule has 0 radical (unpaired) electrons. The molecule has 1 atom stereocenters. The number of hydrogen-bond acceptors (Lipinski definition) is 2. The third-order valence-corrected chi connectivity index (χ3v) is 1.90. The average molecular weight is 129 g/mol. The van der Waals surface area contributed by atoms with Crippen LogP contribution < -0.4 is 0 Å². The molecule has 0 aromatic carbocycles. The van der Waals surface area contributed by atoms with Crippen LogP contribution in [0.25, 0.3) is 0 Å². The molecule has 8 heavy (non-hydrogen) atoms. The minimum Gasteiger partial charge on any atom is -0.198 e. The summed E-state index contributed by atoms with van der Waals surface area (Å²) in [6.07, 6.45) is 0.679. The molecule has 2 heteroatoms. The van der Waals surface area contributed by atoms with Crippen LogP contribution >= 0.6 is 11.8 Å². The van der Waals surface area contributed by atoms with Crippen molar-refractivity contribution in [2.45, 2.75) is 25.5 Å². The van der Waals surface area contributed by atoms with Crippen LogP contribution in [-0.2, 0) is 0 Å². The molecule has 0 rings (SSSR count). The highest BCUT2D eigenvalue weighted by Crippen LogP contribution is 2.11. The fraction of sp³-hybridized carbons (Fsp3) is 0.833. The van der Waals surface area contributed by atoms with Crippen LogP contribution in [-0.4, -0.2) is 11.0 Å². The zero-order chi connectivity index (χ0) is 6.41. The lowest BCUT2D eigenvalue weighted by molar-refractivity contribution is 0.990. The van der Waals surface area contributed by atoms with Crippen molar-refractivity contribution in [2.75, 3.05) is 5.75 Å². The van der Waals surface area contributed by atoms with Gasteiger partial charge < -0.3 is 0 Å². The molecule has 0 fully saturated rings. The summed E-state index contributed by atoms with van der Waals surface area (Å²) in [5.41, 5.74) is 0. The lowest BCUT2D eigenvalue weighted by atomic mass is 10.4. The van der Waals surface area contributed by atoms with E-state index in [4.69, 9.17) is 5.26 Å². The minimum atomic E-state index is 0.519. The van der Waals surface area contributed by atoms with Crippen LogP contribution in [0.1, 0.15) is 20.3 Å². The van der Waals surface area contributed by atoms with Crippen molar-refractivity contribution in [3.8, 4) is 6.07 Å². The second kappa shape index (κ2) is 4.99. The summed E-state index contributed by atoms with van der Waals surface area (Å²) >= 11 is 1.83. The topological polar surface area (TPSA) is 23.8 Å². The highest BCUT2D eigenvalue weighted by Gasteiger charge is 1.96. The summed E-state index contributed by atoms with van der Waals surface area (Å²) in [4.78, 5) is 0. The van der Waals surface area contributed by atoms with Gasteiger partial charge in [-0.1, -0.05) is 13.8 Å². The van der Waals surface area contributed by atoms with Crippen LogP contribution in [0.3, 0.4) is 0 Å². The molecule has 0 amide bonds. The molecule has 1 unspecified atom stereocenters. The maximum absolute atomic E-state index is 8.20. The standard InChI is InChI=1S/C6H11NS/c1-3-8-6(2)4-5-7/h6H,3-4H2,1-2H3. The smallest absolute Gasteiger partial charge is 0.0633 e. The van der Waals surface area contributed by atoms with Crippen molar-refractivity contribution in [2.24, 2.45) is 0 Å². The maximum atomic E-state index is 8.20. The van der Waals surface area contributed by atoms with Crippen molar-refractivity contribution in [1.29, 1.82) is 5.26 Å². The Morgan fingerprint density at radius 3 is 2.75 bits per heavy atom. The van der Waals surface area contributed by atoms with E-state index < -0.39 is 0 Å². The Bertz CT molecular complexity index is 85.0. The van der Waals surface area contributed by atoms with Crippen molar-refractivity contribution >= 4 is 11.8 Å². The molecule has 0 aliphatic rings. The monoisotopic (exact) mass is 129 g/mol. The number of nitrogens with zero attached hydrogens (tertiary/aromatic N) is 1. The van der Waals surface area contributed by atoms with Gasteiger partial charge in [-0.3, -0.25) is 0 Å². The Morgan fingerprint density at radius 1 is 1.75 bits per heavy atom. The normalized spacial score (nSPS) is 12.6. The first-order chi connectivity index (χ1) is 3.81. The van der Waals surface area contributed by atoms with Crippen molar-refractivity contribution in [3.05, 3.63) is 0 Å². The zero-order valence-corrected chi connectivity index (χ0v) is 6.16. The molecule has 0 aromatic heterocycles. The molecule has 0 saturated heterocycles. The first-order valence-corrected chi connectivity index (χ1v) is 3.84. The molecule has 0 spiro atoms. The van der Waals surface area contributed by atoms with Gasteiger partial charge in [0.1, 0.15) is 0 Å². The lowest BCUT2D eigenvalue weighted by Crippen LogP contribution is -1.92. The van der Waals surface area contributed by atoms with Crippen LogP contribution in [0.5, 0.6) is 0 Å². The highest BCUT2D eigenvalue weighted by molar-refractivity contribution is 7.99. The number of nitriles is 1. The fourth-order valence-corrected chi connectivity index (χ4v) is 1.23. The van der Waals surface area contributed by atoms with Crippen molar-refractivity contribution < 1.29 is 0 Å². The maximum Gasteiger partial charge on any atom is 0.0633 e. The Labute approximate surface area is 55.1 Å². The van der Waals surface area contributed by atoms with Crippen LogP contribution in [0, 0.1) is 11.3 Å². The van der Waals surface area contributed by atoms with Crippen molar-refractivity contribution in [1.82, 2.24) is 0 Å². The molecule has 0 bridgehead atoms. The number of thioether (sulfide) groups is 1. The Morgan fingerprint density at radius 2 is 2.38 bits per heavy atom. The molecule has 0 heterocycles. The summed E-state index contributed by atoms with van der Waals surface area (Å²) in [5.74, 6) is 1.11. The van der Waals surface area contributed by atoms with E-state index in [0.29, 0.717) is 11.7 Å². The molecule has 0 aliphatic carbocycles. The third-order valence-electron chi connectivity index (χ3n) is 0.830. The van der Waals surface area contributed by atoms with Crippen LogP contribution in [0.15, 0.2) is 0 Å². The van der Waals surface area contributed by atoms with Crippen LogP contribution in [0.2, 0.25) is 0 Å². The van der Waals surface area contributed by atoms with Gasteiger partial charge in [0.15, 0.2) is 0 Å². The molecular weight excluding hydrogens is 118 g/mol. The third kappa shape index (κ3) is 4.01. The van der Waals surface area contributed by atoms with Gasteiger partial charge in [-0.05, 0) is 5.75 Å². The molecule has 0 aromatic rings. The number of rotatable bonds is 3. The molecule has 0 saturated carbocycles. The predicted octanol–water partition coefficient (Wildman–Crippen LogP) is 2.04. The largest absolute Gasteiger partial charge is 0.198 e. The van der Waals surface area contributed by atoms with Gasteiger partial charge in [0, 0.05) is 11.7 Å². The molecule has 0 aliphatic heterocycles. The first kappa shape index (κ1) is 7.84. The van der Waals surface area contributed by atoms with Gasteiger partial charge in [-0.25, -0.2) is 0 Å². The summed E-state index contributed by atoms with van der Waals surface area (Å²) in [7, 11) is 0. The Balaban J connectivity index is 3.08. The second-order valence-electron chi connectivity index (χ2n) is 1.63. The van der Waals surface area contributed by atoms with E-state index in [1.54, 1.807) is 0 Å². The van der Waals surface area contributed by atoms with Gasteiger partial charge >= 0.3 is 0 Å². The summed E-state index contributed by atoms with van der Waals surface area (Å²) in [6.45, 7) is 4.19. The van der Waals surface area contributed by atoms with E-state index in [1.165, 1.54) is 0 Å². The Hall–Kier alpha value is -0.160. The van der Waals surface area contributed by atoms with E-state index in [1.807, 2.05) is 11.8 Å². The summed E-state index contributed by atoms with van der Waals surface area (Å²) < 4.78 is 0. The van der Waals surface area contributed by atoms with Crippen molar-refractivity contribution in [3.63, 3.8) is 0 Å². The molecule has 0 N–H and O–H groups in total. The van der Waals surface area contributed by atoms with E-state index in [9.17, 15) is 0 Å². The fourth-order valence-electron chi connectivity index (χ4n) is 0.472. The van der Waals surface area contributed by atoms with E-state index in [0.717, 1.165) is 5.75 Å². The highest BCUT2D eigenvalue weighted by atomic mass is 32.2. The van der Waals surface area contributed by atoms with Gasteiger partial charge in [-0.2, -0.15) is 17.0 Å². The molecule has 1 nitrogen and oxygen atoms in total. The van der Waals surface area contributed by atoms with Gasteiger partial charge in [0.25, 0.3) is 0 Å². The number of hydrogen-bond donors (Lipinski definition) is 0. The zero-order valence-electron chi connectivity index (χ0n) is 5.35. The van der Waals surface area contributed by atoms with E-state index in [2.05, 4.69) is 19.9 Å². The molecule has 46 valence electrons. The quantitative estimate of drug-likeness (QED) is 0.582. The van der Waals surface area contributed by atoms with E-state index in [-0.39, 0.29) is 0 Å². The van der Waals surface area contributed by atoms with Crippen LogP contribution in [0.4, 0.5) is 0 Å².